The number of aryl methyl sites for hydroxylation is 1. The second-order valence-electron chi connectivity index (χ2n) is 8.58. The van der Waals surface area contributed by atoms with Crippen molar-refractivity contribution >= 4 is 11.6 Å². The van der Waals surface area contributed by atoms with Gasteiger partial charge in [-0.2, -0.15) is 0 Å². The van der Waals surface area contributed by atoms with Crippen LogP contribution >= 0.6 is 0 Å². The van der Waals surface area contributed by atoms with Crippen LogP contribution in [-0.4, -0.2) is 58.1 Å². The smallest absolute Gasteiger partial charge is 0.258 e. The topological polar surface area (TPSA) is 67.3 Å². The van der Waals surface area contributed by atoms with E-state index < -0.39 is 0 Å². The summed E-state index contributed by atoms with van der Waals surface area (Å²) in [7, 11) is 0. The lowest BCUT2D eigenvalue weighted by Crippen LogP contribution is -2.48. The van der Waals surface area contributed by atoms with Gasteiger partial charge in [-0.15, -0.1) is 0 Å². The van der Waals surface area contributed by atoms with E-state index >= 15 is 0 Å². The van der Waals surface area contributed by atoms with Crippen molar-refractivity contribution < 1.29 is 15.0 Å². The summed E-state index contributed by atoms with van der Waals surface area (Å²) in [5.74, 6) is -0.349. The molecule has 1 saturated heterocycles. The lowest BCUT2D eigenvalue weighted by molar-refractivity contribution is 0.0748. The van der Waals surface area contributed by atoms with Crippen LogP contribution in [-0.2, 0) is 19.5 Å². The number of anilines is 1. The summed E-state index contributed by atoms with van der Waals surface area (Å²) in [4.78, 5) is 19.7. The molecule has 2 aromatic rings. The monoisotopic (exact) mass is 409 g/mol. The van der Waals surface area contributed by atoms with E-state index in [-0.39, 0.29) is 23.0 Å². The fourth-order valence-corrected chi connectivity index (χ4v) is 4.46. The van der Waals surface area contributed by atoms with Crippen LogP contribution in [0.4, 0.5) is 5.69 Å². The first-order valence-electron chi connectivity index (χ1n) is 10.8. The van der Waals surface area contributed by atoms with Crippen LogP contribution < -0.4 is 4.90 Å². The first-order valence-corrected chi connectivity index (χ1v) is 10.8. The number of phenolic OH excluding ortho intramolecular Hbond substituents is 2. The number of hydrogen-bond donors (Lipinski definition) is 2. The van der Waals surface area contributed by atoms with Gasteiger partial charge < -0.3 is 20.0 Å². The van der Waals surface area contributed by atoms with Gasteiger partial charge in [-0.1, -0.05) is 13.0 Å². The van der Waals surface area contributed by atoms with E-state index in [9.17, 15) is 15.0 Å². The zero-order valence-electron chi connectivity index (χ0n) is 18.1. The largest absolute Gasteiger partial charge is 0.508 e. The number of aromatic hydroxyl groups is 2. The van der Waals surface area contributed by atoms with Crippen molar-refractivity contribution in [2.45, 2.75) is 46.3 Å². The molecule has 0 bridgehead atoms. The predicted molar refractivity (Wildman–Crippen MR) is 118 cm³/mol. The number of hydrogen-bond acceptors (Lipinski definition) is 5. The molecular weight excluding hydrogens is 378 g/mol. The van der Waals surface area contributed by atoms with Crippen LogP contribution in [0.25, 0.3) is 0 Å². The number of piperazine rings is 1. The third kappa shape index (κ3) is 3.84. The molecule has 6 nitrogen and oxygen atoms in total. The van der Waals surface area contributed by atoms with E-state index in [0.29, 0.717) is 31.1 Å². The number of nitrogens with zero attached hydrogens (tertiary/aromatic N) is 3. The van der Waals surface area contributed by atoms with Gasteiger partial charge in [0.1, 0.15) is 11.5 Å². The van der Waals surface area contributed by atoms with E-state index in [4.69, 9.17) is 0 Å². The van der Waals surface area contributed by atoms with Crippen molar-refractivity contribution in [1.29, 1.82) is 0 Å². The lowest BCUT2D eigenvalue weighted by Gasteiger charge is -2.38. The summed E-state index contributed by atoms with van der Waals surface area (Å²) in [6.45, 7) is 11.6. The molecular formula is C24H31N3O3. The summed E-state index contributed by atoms with van der Waals surface area (Å²) in [5.41, 5.74) is 4.45. The number of rotatable bonds is 4. The Morgan fingerprint density at radius 3 is 2.33 bits per heavy atom. The Morgan fingerprint density at radius 2 is 1.67 bits per heavy atom. The van der Waals surface area contributed by atoms with Crippen molar-refractivity contribution in [3.8, 4) is 11.5 Å². The Bertz CT molecular complexity index is 949. The van der Waals surface area contributed by atoms with Gasteiger partial charge >= 0.3 is 0 Å². The number of benzene rings is 2. The fourth-order valence-electron chi connectivity index (χ4n) is 4.46. The molecule has 2 aromatic carbocycles. The summed E-state index contributed by atoms with van der Waals surface area (Å²) >= 11 is 0. The number of phenols is 2. The van der Waals surface area contributed by atoms with Crippen molar-refractivity contribution in [3.05, 3.63) is 52.6 Å². The van der Waals surface area contributed by atoms with Crippen molar-refractivity contribution in [2.75, 3.05) is 31.1 Å². The highest BCUT2D eigenvalue weighted by atomic mass is 16.3. The zero-order valence-corrected chi connectivity index (χ0v) is 18.1. The fraction of sp³-hybridized carbons (Fsp3) is 0.458. The average Bonchev–Trinajstić information content (AvgIpc) is 3.17. The number of amides is 1. The van der Waals surface area contributed by atoms with E-state index in [1.54, 1.807) is 11.0 Å². The molecule has 6 heteroatoms. The Balaban J connectivity index is 1.48. The SMILES string of the molecule is CCc1cc(C(=O)N2Cc3ccc(N4CCN(C(C)C)CC4)cc3C2)c(O)cc1O. The molecule has 0 spiro atoms. The maximum atomic E-state index is 13.1. The molecule has 0 saturated carbocycles. The number of carbonyl (C=O) groups excluding carboxylic acids is 1. The average molecular weight is 410 g/mol. The van der Waals surface area contributed by atoms with Crippen LogP contribution in [0.15, 0.2) is 30.3 Å². The van der Waals surface area contributed by atoms with Crippen LogP contribution in [0.5, 0.6) is 11.5 Å². The first-order chi connectivity index (χ1) is 14.4. The standard InChI is InChI=1S/C24H31N3O3/c1-4-17-12-21(23(29)13-22(17)28)24(30)27-14-18-5-6-20(11-19(18)15-27)26-9-7-25(8-10-26)16(2)3/h5-6,11-13,16,28-29H,4,7-10,14-15H2,1-3H3. The molecule has 1 fully saturated rings. The molecule has 0 atom stereocenters. The molecule has 2 N–H and O–H groups in total. The van der Waals surface area contributed by atoms with Gasteiger partial charge in [0.15, 0.2) is 0 Å². The minimum absolute atomic E-state index is 0.0264. The van der Waals surface area contributed by atoms with Gasteiger partial charge in [-0.3, -0.25) is 9.69 Å². The Kier molecular flexibility index (Phi) is 5.60. The molecule has 0 unspecified atom stereocenters. The quantitative estimate of drug-likeness (QED) is 0.811. The first kappa shape index (κ1) is 20.5. The van der Waals surface area contributed by atoms with Gasteiger partial charge in [0.05, 0.1) is 5.56 Å². The second kappa shape index (κ2) is 8.19. The minimum atomic E-state index is -0.203. The molecule has 4 rings (SSSR count). The summed E-state index contributed by atoms with van der Waals surface area (Å²) in [5, 5.41) is 20.1. The highest BCUT2D eigenvalue weighted by Gasteiger charge is 2.28. The lowest BCUT2D eigenvalue weighted by atomic mass is 10.1. The third-order valence-electron chi connectivity index (χ3n) is 6.42. The van der Waals surface area contributed by atoms with Gasteiger partial charge in [0.2, 0.25) is 0 Å². The summed E-state index contributed by atoms with van der Waals surface area (Å²) < 4.78 is 0. The summed E-state index contributed by atoms with van der Waals surface area (Å²) in [6.07, 6.45) is 0.597. The van der Waals surface area contributed by atoms with E-state index in [1.807, 2.05) is 6.92 Å². The Hall–Kier alpha value is -2.73. The molecule has 160 valence electrons. The molecule has 30 heavy (non-hydrogen) atoms. The van der Waals surface area contributed by atoms with Crippen LogP contribution in [0.1, 0.15) is 47.8 Å². The van der Waals surface area contributed by atoms with Gasteiger partial charge in [0.25, 0.3) is 5.91 Å². The third-order valence-corrected chi connectivity index (χ3v) is 6.42. The van der Waals surface area contributed by atoms with Gasteiger partial charge in [-0.25, -0.2) is 0 Å². The molecule has 0 radical (unpaired) electrons. The second-order valence-corrected chi connectivity index (χ2v) is 8.58. The predicted octanol–water partition coefficient (Wildman–Crippen LogP) is 3.35. The highest BCUT2D eigenvalue weighted by molar-refractivity contribution is 5.97. The normalized spacial score (nSPS) is 16.9. The van der Waals surface area contributed by atoms with Gasteiger partial charge in [-0.05, 0) is 55.2 Å². The molecule has 0 aromatic heterocycles. The maximum Gasteiger partial charge on any atom is 0.258 e. The van der Waals surface area contributed by atoms with Gasteiger partial charge in [0, 0.05) is 57.1 Å². The maximum absolute atomic E-state index is 13.1. The molecule has 1 amide bonds. The molecule has 0 aliphatic carbocycles. The number of carbonyl (C=O) groups is 1. The Labute approximate surface area is 178 Å². The van der Waals surface area contributed by atoms with Crippen LogP contribution in [0.2, 0.25) is 0 Å². The molecule has 2 heterocycles. The Morgan fingerprint density at radius 1 is 0.967 bits per heavy atom. The number of fused-ring (bicyclic) bond motifs is 1. The van der Waals surface area contributed by atoms with E-state index in [0.717, 1.165) is 31.7 Å². The molecule has 2 aliphatic heterocycles. The minimum Gasteiger partial charge on any atom is -0.508 e. The molecule has 2 aliphatic rings. The van der Waals surface area contributed by atoms with Crippen LogP contribution in [0.3, 0.4) is 0 Å². The summed E-state index contributed by atoms with van der Waals surface area (Å²) in [6, 6.07) is 9.95. The van der Waals surface area contributed by atoms with E-state index in [1.165, 1.54) is 17.3 Å². The van der Waals surface area contributed by atoms with Crippen molar-refractivity contribution in [2.24, 2.45) is 0 Å². The van der Waals surface area contributed by atoms with Crippen molar-refractivity contribution in [3.63, 3.8) is 0 Å². The highest BCUT2D eigenvalue weighted by Crippen LogP contribution is 2.33. The van der Waals surface area contributed by atoms with Crippen molar-refractivity contribution in [1.82, 2.24) is 9.80 Å². The van der Waals surface area contributed by atoms with Crippen LogP contribution in [0, 0.1) is 0 Å². The zero-order chi connectivity index (χ0) is 21.4. The van der Waals surface area contributed by atoms with E-state index in [2.05, 4.69) is 41.8 Å².